The minimum absolute atomic E-state index is 0.171. The summed E-state index contributed by atoms with van der Waals surface area (Å²) >= 11 is 3.37. The highest BCUT2D eigenvalue weighted by Crippen LogP contribution is 2.35. The third-order valence-corrected chi connectivity index (χ3v) is 3.71. The van der Waals surface area contributed by atoms with Crippen LogP contribution in [0.2, 0.25) is 0 Å². The smallest absolute Gasteiger partial charge is 0.172 e. The van der Waals surface area contributed by atoms with Gasteiger partial charge in [-0.1, -0.05) is 0 Å². The molecule has 0 amide bonds. The molecule has 0 aliphatic carbocycles. The number of nitrogens with zero attached hydrogens (tertiary/aromatic N) is 1. The van der Waals surface area contributed by atoms with E-state index in [1.165, 1.54) is 0 Å². The van der Waals surface area contributed by atoms with Gasteiger partial charge in [-0.2, -0.15) is 0 Å². The van der Waals surface area contributed by atoms with Crippen molar-refractivity contribution < 1.29 is 14.6 Å². The van der Waals surface area contributed by atoms with Crippen LogP contribution < -0.4 is 4.74 Å². The van der Waals surface area contributed by atoms with Crippen LogP contribution in [0.25, 0.3) is 0 Å². The second-order valence-electron chi connectivity index (χ2n) is 4.60. The first kappa shape index (κ1) is 14.6. The maximum absolute atomic E-state index is 9.90. The summed E-state index contributed by atoms with van der Waals surface area (Å²) in [6, 6.07) is 3.86. The Morgan fingerprint density at radius 3 is 3.00 bits per heavy atom. The highest BCUT2D eigenvalue weighted by Gasteiger charge is 2.13. The zero-order valence-electron chi connectivity index (χ0n) is 11.2. The average Bonchev–Trinajstić information content (AvgIpc) is 2.64. The Bertz CT molecular complexity index is 417. The first-order valence-corrected chi connectivity index (χ1v) is 7.44. The van der Waals surface area contributed by atoms with Gasteiger partial charge in [0.2, 0.25) is 0 Å². The topological polar surface area (TPSA) is 41.9 Å². The molecule has 1 aliphatic rings. The van der Waals surface area contributed by atoms with E-state index in [0.717, 1.165) is 44.8 Å². The Kier molecular flexibility index (Phi) is 5.48. The number of hydrogen-bond donors (Lipinski definition) is 1. The van der Waals surface area contributed by atoms with Gasteiger partial charge in [-0.15, -0.1) is 0 Å². The number of rotatable bonds is 4. The Labute approximate surface area is 122 Å². The summed E-state index contributed by atoms with van der Waals surface area (Å²) in [5, 5.41) is 9.90. The van der Waals surface area contributed by atoms with Gasteiger partial charge in [-0.25, -0.2) is 0 Å². The van der Waals surface area contributed by atoms with Crippen LogP contribution in [0.1, 0.15) is 18.9 Å². The molecule has 0 atom stereocenters. The van der Waals surface area contributed by atoms with Gasteiger partial charge in [-0.3, -0.25) is 4.90 Å². The lowest BCUT2D eigenvalue weighted by Gasteiger charge is -2.20. The summed E-state index contributed by atoms with van der Waals surface area (Å²) < 4.78 is 11.6. The van der Waals surface area contributed by atoms with Crippen LogP contribution >= 0.6 is 15.9 Å². The van der Waals surface area contributed by atoms with E-state index in [4.69, 9.17) is 9.47 Å². The molecule has 1 aromatic rings. The number of halogens is 1. The van der Waals surface area contributed by atoms with Gasteiger partial charge < -0.3 is 14.6 Å². The van der Waals surface area contributed by atoms with Crippen molar-refractivity contribution in [3.8, 4) is 11.5 Å². The molecule has 1 fully saturated rings. The first-order valence-electron chi connectivity index (χ1n) is 6.65. The van der Waals surface area contributed by atoms with Crippen LogP contribution in [0.15, 0.2) is 16.6 Å². The lowest BCUT2D eigenvalue weighted by molar-refractivity contribution is 0.140. The highest BCUT2D eigenvalue weighted by atomic mass is 79.9. The molecule has 2 rings (SSSR count). The van der Waals surface area contributed by atoms with Crippen molar-refractivity contribution in [1.82, 2.24) is 4.90 Å². The largest absolute Gasteiger partial charge is 0.503 e. The fraction of sp³-hybridized carbons (Fsp3) is 0.571. The van der Waals surface area contributed by atoms with Gasteiger partial charge >= 0.3 is 0 Å². The van der Waals surface area contributed by atoms with E-state index in [9.17, 15) is 5.11 Å². The predicted octanol–water partition coefficient (Wildman–Crippen LogP) is 2.78. The Balaban J connectivity index is 2.10. The molecule has 4 nitrogen and oxygen atoms in total. The Morgan fingerprint density at radius 2 is 2.21 bits per heavy atom. The number of hydrogen-bond acceptors (Lipinski definition) is 4. The van der Waals surface area contributed by atoms with Crippen molar-refractivity contribution in [3.63, 3.8) is 0 Å². The van der Waals surface area contributed by atoms with Gasteiger partial charge in [0.05, 0.1) is 17.7 Å². The number of benzene rings is 1. The zero-order chi connectivity index (χ0) is 13.7. The minimum atomic E-state index is 0.171. The molecule has 0 saturated carbocycles. The molecule has 106 valence electrons. The van der Waals surface area contributed by atoms with Gasteiger partial charge in [-0.05, 0) is 47.0 Å². The van der Waals surface area contributed by atoms with E-state index in [2.05, 4.69) is 20.8 Å². The number of aromatic hydroxyl groups is 1. The van der Waals surface area contributed by atoms with E-state index in [1.807, 2.05) is 19.1 Å². The first-order chi connectivity index (χ1) is 9.20. The average molecular weight is 330 g/mol. The standard InChI is InChI=1S/C14H20BrNO3/c1-2-19-13-9-11(8-12(15)14(13)17)10-16-4-3-6-18-7-5-16/h8-9,17H,2-7,10H2,1H3. The van der Waals surface area contributed by atoms with Gasteiger partial charge in [0.25, 0.3) is 0 Å². The lowest BCUT2D eigenvalue weighted by atomic mass is 10.2. The van der Waals surface area contributed by atoms with Crippen LogP contribution in [0.4, 0.5) is 0 Å². The molecule has 0 spiro atoms. The SMILES string of the molecule is CCOc1cc(CN2CCCOCC2)cc(Br)c1O. The lowest BCUT2D eigenvalue weighted by Crippen LogP contribution is -2.25. The summed E-state index contributed by atoms with van der Waals surface area (Å²) in [5.41, 5.74) is 1.13. The van der Waals surface area contributed by atoms with Gasteiger partial charge in [0.15, 0.2) is 11.5 Å². The number of phenolic OH excluding ortho intramolecular Hbond substituents is 1. The van der Waals surface area contributed by atoms with Gasteiger partial charge in [0.1, 0.15) is 0 Å². The summed E-state index contributed by atoms with van der Waals surface area (Å²) in [7, 11) is 0. The molecule has 0 unspecified atom stereocenters. The van der Waals surface area contributed by atoms with Crippen molar-refractivity contribution in [2.45, 2.75) is 19.9 Å². The minimum Gasteiger partial charge on any atom is -0.503 e. The summed E-state index contributed by atoms with van der Waals surface area (Å²) in [6.07, 6.45) is 1.07. The van der Waals surface area contributed by atoms with Crippen molar-refractivity contribution in [3.05, 3.63) is 22.2 Å². The summed E-state index contributed by atoms with van der Waals surface area (Å²) in [6.45, 7) is 6.93. The predicted molar refractivity (Wildman–Crippen MR) is 77.7 cm³/mol. The maximum atomic E-state index is 9.90. The van der Waals surface area contributed by atoms with Crippen molar-refractivity contribution in [2.75, 3.05) is 32.9 Å². The Hall–Kier alpha value is -0.780. The molecule has 0 bridgehead atoms. The van der Waals surface area contributed by atoms with Crippen LogP contribution in [0, 0.1) is 0 Å². The van der Waals surface area contributed by atoms with Crippen LogP contribution in [0.5, 0.6) is 11.5 Å². The van der Waals surface area contributed by atoms with Crippen LogP contribution in [0.3, 0.4) is 0 Å². The second-order valence-corrected chi connectivity index (χ2v) is 5.45. The third kappa shape index (κ3) is 4.09. The normalized spacial score (nSPS) is 17.2. The van der Waals surface area contributed by atoms with Crippen molar-refractivity contribution in [1.29, 1.82) is 0 Å². The molecule has 5 heteroatoms. The van der Waals surface area contributed by atoms with E-state index in [-0.39, 0.29) is 5.75 Å². The molecule has 1 aliphatic heterocycles. The maximum Gasteiger partial charge on any atom is 0.172 e. The second kappa shape index (κ2) is 7.12. The molecule has 1 aromatic carbocycles. The fourth-order valence-electron chi connectivity index (χ4n) is 2.20. The number of ether oxygens (including phenoxy) is 2. The monoisotopic (exact) mass is 329 g/mol. The molecule has 0 radical (unpaired) electrons. The van der Waals surface area contributed by atoms with Crippen LogP contribution in [-0.2, 0) is 11.3 Å². The van der Waals surface area contributed by atoms with Crippen molar-refractivity contribution >= 4 is 15.9 Å². The molecular weight excluding hydrogens is 310 g/mol. The molecular formula is C14H20BrNO3. The third-order valence-electron chi connectivity index (χ3n) is 3.11. The zero-order valence-corrected chi connectivity index (χ0v) is 12.8. The van der Waals surface area contributed by atoms with Crippen molar-refractivity contribution in [2.24, 2.45) is 0 Å². The molecule has 1 N–H and O–H groups in total. The van der Waals surface area contributed by atoms with E-state index in [0.29, 0.717) is 16.8 Å². The molecule has 0 aromatic heterocycles. The van der Waals surface area contributed by atoms with E-state index >= 15 is 0 Å². The van der Waals surface area contributed by atoms with Gasteiger partial charge in [0, 0.05) is 26.2 Å². The quantitative estimate of drug-likeness (QED) is 0.922. The molecule has 1 heterocycles. The summed E-state index contributed by atoms with van der Waals surface area (Å²) in [5.74, 6) is 0.711. The molecule has 1 saturated heterocycles. The summed E-state index contributed by atoms with van der Waals surface area (Å²) in [4.78, 5) is 2.36. The van der Waals surface area contributed by atoms with E-state index < -0.39 is 0 Å². The fourth-order valence-corrected chi connectivity index (χ4v) is 2.69. The highest BCUT2D eigenvalue weighted by molar-refractivity contribution is 9.10. The Morgan fingerprint density at radius 1 is 1.37 bits per heavy atom. The van der Waals surface area contributed by atoms with Crippen LogP contribution in [-0.4, -0.2) is 42.9 Å². The molecule has 19 heavy (non-hydrogen) atoms. The van der Waals surface area contributed by atoms with E-state index in [1.54, 1.807) is 0 Å². The number of phenols is 1.